The molecule has 1 aromatic rings. The first-order chi connectivity index (χ1) is 9.64. The minimum Gasteiger partial charge on any atom is -0.383 e. The van der Waals surface area contributed by atoms with E-state index in [0.717, 1.165) is 0 Å². The van der Waals surface area contributed by atoms with Crippen LogP contribution in [-0.4, -0.2) is 33.9 Å². The molecule has 1 aliphatic rings. The predicted octanol–water partition coefficient (Wildman–Crippen LogP) is 0.732. The Kier molecular flexibility index (Phi) is 3.61. The molecule has 21 heavy (non-hydrogen) atoms. The largest absolute Gasteiger partial charge is 0.383 e. The number of amides is 2. The van der Waals surface area contributed by atoms with Crippen molar-refractivity contribution in [3.63, 3.8) is 0 Å². The van der Waals surface area contributed by atoms with E-state index in [2.05, 4.69) is 15.3 Å². The molecular formula is C14H21N5O2. The van der Waals surface area contributed by atoms with Crippen molar-refractivity contribution >= 4 is 23.5 Å². The highest BCUT2D eigenvalue weighted by atomic mass is 16.2. The summed E-state index contributed by atoms with van der Waals surface area (Å²) < 4.78 is 0. The van der Waals surface area contributed by atoms with E-state index in [1.165, 1.54) is 0 Å². The van der Waals surface area contributed by atoms with Crippen molar-refractivity contribution in [1.82, 2.24) is 15.3 Å². The fourth-order valence-corrected chi connectivity index (χ4v) is 2.18. The lowest BCUT2D eigenvalue weighted by Gasteiger charge is -2.41. The summed E-state index contributed by atoms with van der Waals surface area (Å²) in [6.07, 6.45) is 0. The zero-order valence-electron chi connectivity index (χ0n) is 13.0. The number of nitrogen functional groups attached to an aromatic ring is 1. The molecule has 2 amide bonds. The van der Waals surface area contributed by atoms with Crippen LogP contribution >= 0.6 is 0 Å². The molecule has 114 valence electrons. The van der Waals surface area contributed by atoms with Crippen LogP contribution in [0, 0.1) is 6.92 Å². The van der Waals surface area contributed by atoms with Crippen molar-refractivity contribution in [3.8, 4) is 0 Å². The average molecular weight is 291 g/mol. The second-order valence-corrected chi connectivity index (χ2v) is 6.09. The minimum atomic E-state index is -0.881. The molecule has 7 nitrogen and oxygen atoms in total. The second-order valence-electron chi connectivity index (χ2n) is 6.09. The van der Waals surface area contributed by atoms with Gasteiger partial charge in [-0.3, -0.25) is 14.9 Å². The van der Waals surface area contributed by atoms with Gasteiger partial charge in [0.1, 0.15) is 23.0 Å². The maximum atomic E-state index is 12.1. The van der Waals surface area contributed by atoms with Crippen molar-refractivity contribution in [2.45, 2.75) is 46.1 Å². The van der Waals surface area contributed by atoms with Gasteiger partial charge in [-0.2, -0.15) is 0 Å². The minimum absolute atomic E-state index is 0.0631. The van der Waals surface area contributed by atoms with Crippen LogP contribution in [0.5, 0.6) is 0 Å². The molecule has 3 N–H and O–H groups in total. The van der Waals surface area contributed by atoms with Gasteiger partial charge < -0.3 is 10.6 Å². The third-order valence-electron chi connectivity index (χ3n) is 3.73. The molecule has 1 saturated heterocycles. The highest BCUT2D eigenvalue weighted by Crippen LogP contribution is 2.30. The molecule has 1 aliphatic heterocycles. The summed E-state index contributed by atoms with van der Waals surface area (Å²) in [6, 6.07) is 0. The molecule has 2 heterocycles. The summed E-state index contributed by atoms with van der Waals surface area (Å²) in [5, 5.41) is 2.35. The Bertz CT molecular complexity index is 610. The van der Waals surface area contributed by atoms with Crippen molar-refractivity contribution in [2.75, 3.05) is 17.2 Å². The number of imide groups is 1. The average Bonchev–Trinajstić information content (AvgIpc) is 2.37. The molecule has 0 aromatic carbocycles. The molecule has 0 unspecified atom stereocenters. The van der Waals surface area contributed by atoms with Gasteiger partial charge in [0.05, 0.1) is 6.54 Å². The highest BCUT2D eigenvalue weighted by molar-refractivity contribution is 6.06. The molecule has 1 aromatic heterocycles. The van der Waals surface area contributed by atoms with E-state index in [9.17, 15) is 9.59 Å². The third kappa shape index (κ3) is 2.55. The Morgan fingerprint density at radius 1 is 1.29 bits per heavy atom. The summed E-state index contributed by atoms with van der Waals surface area (Å²) in [6.45, 7) is 9.29. The number of rotatable bonds is 2. The molecule has 2 rings (SSSR count). The van der Waals surface area contributed by atoms with E-state index in [0.29, 0.717) is 23.0 Å². The highest BCUT2D eigenvalue weighted by Gasteiger charge is 2.42. The van der Waals surface area contributed by atoms with Gasteiger partial charge >= 0.3 is 0 Å². The number of aromatic nitrogens is 2. The van der Waals surface area contributed by atoms with Gasteiger partial charge in [0, 0.05) is 11.5 Å². The second kappa shape index (κ2) is 4.98. The van der Waals surface area contributed by atoms with E-state index in [-0.39, 0.29) is 24.3 Å². The van der Waals surface area contributed by atoms with E-state index >= 15 is 0 Å². The van der Waals surface area contributed by atoms with E-state index < -0.39 is 5.54 Å². The number of hydrogen-bond acceptors (Lipinski definition) is 6. The fraction of sp³-hybridized carbons (Fsp3) is 0.571. The van der Waals surface area contributed by atoms with Crippen molar-refractivity contribution in [2.24, 2.45) is 0 Å². The van der Waals surface area contributed by atoms with Crippen LogP contribution < -0.4 is 16.0 Å². The van der Waals surface area contributed by atoms with Gasteiger partial charge in [-0.25, -0.2) is 9.97 Å². The molecule has 1 fully saturated rings. The van der Waals surface area contributed by atoms with Crippen molar-refractivity contribution in [1.29, 1.82) is 0 Å². The van der Waals surface area contributed by atoms with Gasteiger partial charge in [-0.05, 0) is 20.8 Å². The number of nitrogens with two attached hydrogens (primary N) is 1. The maximum absolute atomic E-state index is 12.1. The molecule has 0 atom stereocenters. The van der Waals surface area contributed by atoms with Crippen LogP contribution in [0.15, 0.2) is 0 Å². The molecule has 0 aliphatic carbocycles. The predicted molar refractivity (Wildman–Crippen MR) is 79.8 cm³/mol. The maximum Gasteiger partial charge on any atom is 0.251 e. The van der Waals surface area contributed by atoms with Crippen molar-refractivity contribution in [3.05, 3.63) is 11.4 Å². The zero-order chi connectivity index (χ0) is 15.9. The Morgan fingerprint density at radius 3 is 2.48 bits per heavy atom. The number of anilines is 2. The van der Waals surface area contributed by atoms with Crippen LogP contribution in [0.3, 0.4) is 0 Å². The Balaban J connectivity index is 2.58. The Morgan fingerprint density at radius 2 is 1.90 bits per heavy atom. The first-order valence-corrected chi connectivity index (χ1v) is 6.90. The van der Waals surface area contributed by atoms with Gasteiger partial charge in [0.25, 0.3) is 5.91 Å². The summed E-state index contributed by atoms with van der Waals surface area (Å²) in [5.74, 6) is 0.923. The standard InChI is InChI=1S/C14H21N5O2/c1-7(2)11-17-10(15)8(3)12(18-11)19-6-9(20)16-13(21)14(19,4)5/h7H,6H2,1-5H3,(H2,15,17,18)(H,16,20,21). The normalized spacial score (nSPS) is 18.1. The fourth-order valence-electron chi connectivity index (χ4n) is 2.18. The zero-order valence-corrected chi connectivity index (χ0v) is 13.0. The monoisotopic (exact) mass is 291 g/mol. The third-order valence-corrected chi connectivity index (χ3v) is 3.73. The van der Waals surface area contributed by atoms with Crippen LogP contribution in [0.25, 0.3) is 0 Å². The number of hydrogen-bond donors (Lipinski definition) is 2. The SMILES string of the molecule is Cc1c(N)nc(C(C)C)nc1N1CC(=O)NC(=O)C1(C)C. The molecule has 0 saturated carbocycles. The molecule has 0 radical (unpaired) electrons. The number of carbonyl (C=O) groups excluding carboxylic acids is 2. The van der Waals surface area contributed by atoms with Crippen LogP contribution in [0.4, 0.5) is 11.6 Å². The lowest BCUT2D eigenvalue weighted by Crippen LogP contribution is -2.64. The summed E-state index contributed by atoms with van der Waals surface area (Å²) in [4.78, 5) is 34.3. The molecule has 7 heteroatoms. The van der Waals surface area contributed by atoms with Gasteiger partial charge in [0.2, 0.25) is 5.91 Å². The van der Waals surface area contributed by atoms with Gasteiger partial charge in [0.15, 0.2) is 0 Å². The number of piperazine rings is 1. The lowest BCUT2D eigenvalue weighted by atomic mass is 9.98. The summed E-state index contributed by atoms with van der Waals surface area (Å²) in [5.41, 5.74) is 5.76. The quantitative estimate of drug-likeness (QED) is 0.779. The van der Waals surface area contributed by atoms with Crippen LogP contribution in [0.1, 0.15) is 45.0 Å². The first-order valence-electron chi connectivity index (χ1n) is 6.90. The summed E-state index contributed by atoms with van der Waals surface area (Å²) >= 11 is 0. The van der Waals surface area contributed by atoms with E-state index in [4.69, 9.17) is 5.73 Å². The van der Waals surface area contributed by atoms with Crippen molar-refractivity contribution < 1.29 is 9.59 Å². The summed E-state index contributed by atoms with van der Waals surface area (Å²) in [7, 11) is 0. The number of carbonyl (C=O) groups is 2. The Labute approximate surface area is 123 Å². The number of nitrogens with one attached hydrogen (secondary N) is 1. The van der Waals surface area contributed by atoms with Crippen LogP contribution in [-0.2, 0) is 9.59 Å². The van der Waals surface area contributed by atoms with Gasteiger partial charge in [-0.15, -0.1) is 0 Å². The number of nitrogens with zero attached hydrogens (tertiary/aromatic N) is 3. The van der Waals surface area contributed by atoms with E-state index in [1.54, 1.807) is 25.7 Å². The topological polar surface area (TPSA) is 101 Å². The van der Waals surface area contributed by atoms with E-state index in [1.807, 2.05) is 13.8 Å². The molecule has 0 spiro atoms. The molecular weight excluding hydrogens is 270 g/mol. The Hall–Kier alpha value is -2.18. The smallest absolute Gasteiger partial charge is 0.251 e. The van der Waals surface area contributed by atoms with Crippen LogP contribution in [0.2, 0.25) is 0 Å². The first kappa shape index (κ1) is 15.2. The lowest BCUT2D eigenvalue weighted by molar-refractivity contribution is -0.135. The molecule has 0 bridgehead atoms. The van der Waals surface area contributed by atoms with Gasteiger partial charge in [-0.1, -0.05) is 13.8 Å².